The summed E-state index contributed by atoms with van der Waals surface area (Å²) in [6, 6.07) is 9.43. The van der Waals surface area contributed by atoms with Crippen molar-refractivity contribution in [2.45, 2.75) is 0 Å². The third kappa shape index (κ3) is 1.22. The number of rotatable bonds is 1. The van der Waals surface area contributed by atoms with Crippen LogP contribution in [0.3, 0.4) is 0 Å². The van der Waals surface area contributed by atoms with E-state index in [1.807, 2.05) is 30.3 Å². The second-order valence-electron chi connectivity index (χ2n) is 3.37. The molecular formula is C11H8N4O. The number of nitrogens with one attached hydrogen (secondary N) is 1. The third-order valence-corrected chi connectivity index (χ3v) is 2.39. The Kier molecular flexibility index (Phi) is 1.83. The normalized spacial score (nSPS) is 10.8. The fourth-order valence-electron chi connectivity index (χ4n) is 1.61. The van der Waals surface area contributed by atoms with E-state index in [4.69, 9.17) is 0 Å². The van der Waals surface area contributed by atoms with Gasteiger partial charge in [0.15, 0.2) is 0 Å². The van der Waals surface area contributed by atoms with Crippen LogP contribution in [0.25, 0.3) is 16.9 Å². The molecule has 0 spiro atoms. The number of fused-ring (bicyclic) bond motifs is 1. The summed E-state index contributed by atoms with van der Waals surface area (Å²) < 4.78 is 1.32. The molecule has 1 aromatic carbocycles. The predicted molar refractivity (Wildman–Crippen MR) is 59.0 cm³/mol. The summed E-state index contributed by atoms with van der Waals surface area (Å²) in [5.41, 5.74) is 1.26. The number of H-pyrrole nitrogens is 1. The molecule has 0 saturated carbocycles. The Balaban J connectivity index is 2.33. The monoisotopic (exact) mass is 212 g/mol. The second kappa shape index (κ2) is 3.30. The van der Waals surface area contributed by atoms with E-state index in [1.54, 1.807) is 6.20 Å². The summed E-state index contributed by atoms with van der Waals surface area (Å²) >= 11 is 0. The number of benzene rings is 1. The minimum atomic E-state index is -0.145. The maximum absolute atomic E-state index is 12.0. The molecule has 0 aliphatic rings. The van der Waals surface area contributed by atoms with Gasteiger partial charge in [-0.3, -0.25) is 9.89 Å². The number of hydrogen-bond donors (Lipinski definition) is 1. The molecule has 0 atom stereocenters. The molecule has 5 nitrogen and oxygen atoms in total. The van der Waals surface area contributed by atoms with Gasteiger partial charge in [0.1, 0.15) is 6.33 Å². The Morgan fingerprint density at radius 1 is 1.12 bits per heavy atom. The van der Waals surface area contributed by atoms with Gasteiger partial charge in [0.25, 0.3) is 11.3 Å². The molecule has 0 bridgehead atoms. The molecule has 2 aromatic heterocycles. The largest absolute Gasteiger partial charge is 0.281 e. The lowest BCUT2D eigenvalue weighted by Gasteiger charge is -1.99. The molecule has 2 heterocycles. The fraction of sp³-hybridized carbons (Fsp3) is 0. The molecule has 1 N–H and O–H groups in total. The van der Waals surface area contributed by atoms with Crippen LogP contribution in [0.5, 0.6) is 0 Å². The van der Waals surface area contributed by atoms with E-state index in [9.17, 15) is 4.79 Å². The summed E-state index contributed by atoms with van der Waals surface area (Å²) in [5.74, 6) is 0.379. The molecule has 0 aliphatic carbocycles. The zero-order valence-corrected chi connectivity index (χ0v) is 8.29. The molecule has 78 valence electrons. The van der Waals surface area contributed by atoms with Gasteiger partial charge in [0, 0.05) is 6.20 Å². The number of aromatic amines is 1. The van der Waals surface area contributed by atoms with Gasteiger partial charge in [-0.05, 0) is 5.56 Å². The van der Waals surface area contributed by atoms with Crippen LogP contribution in [0.4, 0.5) is 0 Å². The SMILES string of the molecule is O=c1c(-c2ccccc2)cnc2nc[nH]n12. The van der Waals surface area contributed by atoms with Gasteiger partial charge in [-0.25, -0.2) is 9.97 Å². The van der Waals surface area contributed by atoms with Crippen LogP contribution in [0.15, 0.2) is 47.7 Å². The van der Waals surface area contributed by atoms with Crippen molar-refractivity contribution < 1.29 is 0 Å². The Morgan fingerprint density at radius 2 is 1.94 bits per heavy atom. The quantitative estimate of drug-likeness (QED) is 0.656. The lowest BCUT2D eigenvalue weighted by molar-refractivity contribution is 0.901. The zero-order chi connectivity index (χ0) is 11.0. The van der Waals surface area contributed by atoms with E-state index in [-0.39, 0.29) is 5.56 Å². The highest BCUT2D eigenvalue weighted by molar-refractivity contribution is 5.61. The van der Waals surface area contributed by atoms with Gasteiger partial charge in [0.05, 0.1) is 5.56 Å². The first-order valence-corrected chi connectivity index (χ1v) is 4.83. The molecule has 3 aromatic rings. The van der Waals surface area contributed by atoms with Gasteiger partial charge in [-0.1, -0.05) is 30.3 Å². The lowest BCUT2D eigenvalue weighted by Crippen LogP contribution is -2.16. The van der Waals surface area contributed by atoms with Crippen LogP contribution >= 0.6 is 0 Å². The Bertz CT molecular complexity index is 684. The van der Waals surface area contributed by atoms with Crippen molar-refractivity contribution in [3.05, 3.63) is 53.2 Å². The molecule has 5 heteroatoms. The molecule has 0 unspecified atom stereocenters. The summed E-state index contributed by atoms with van der Waals surface area (Å²) in [6.07, 6.45) is 2.99. The van der Waals surface area contributed by atoms with E-state index >= 15 is 0 Å². The molecule has 0 radical (unpaired) electrons. The number of hydrogen-bond acceptors (Lipinski definition) is 3. The van der Waals surface area contributed by atoms with E-state index in [1.165, 1.54) is 10.8 Å². The van der Waals surface area contributed by atoms with Crippen molar-refractivity contribution in [1.82, 2.24) is 19.6 Å². The highest BCUT2D eigenvalue weighted by Gasteiger charge is 2.07. The molecule has 16 heavy (non-hydrogen) atoms. The lowest BCUT2D eigenvalue weighted by atomic mass is 10.1. The first-order chi connectivity index (χ1) is 7.86. The Hall–Kier alpha value is -2.43. The van der Waals surface area contributed by atoms with Gasteiger partial charge in [-0.15, -0.1) is 0 Å². The maximum Gasteiger partial charge on any atom is 0.281 e. The van der Waals surface area contributed by atoms with Crippen LogP contribution in [0, 0.1) is 0 Å². The molecule has 0 saturated heterocycles. The first-order valence-electron chi connectivity index (χ1n) is 4.83. The second-order valence-corrected chi connectivity index (χ2v) is 3.37. The highest BCUT2D eigenvalue weighted by atomic mass is 16.1. The van der Waals surface area contributed by atoms with Gasteiger partial charge < -0.3 is 0 Å². The van der Waals surface area contributed by atoms with Crippen molar-refractivity contribution in [2.75, 3.05) is 0 Å². The third-order valence-electron chi connectivity index (χ3n) is 2.39. The van der Waals surface area contributed by atoms with Crippen molar-refractivity contribution >= 4 is 5.78 Å². The number of aromatic nitrogens is 4. The summed E-state index contributed by atoms with van der Waals surface area (Å²) in [7, 11) is 0. The molecular weight excluding hydrogens is 204 g/mol. The van der Waals surface area contributed by atoms with E-state index in [2.05, 4.69) is 15.1 Å². The van der Waals surface area contributed by atoms with Crippen LogP contribution in [0.1, 0.15) is 0 Å². The van der Waals surface area contributed by atoms with Gasteiger partial charge in [-0.2, -0.15) is 4.52 Å². The van der Waals surface area contributed by atoms with Crippen LogP contribution in [-0.2, 0) is 0 Å². The summed E-state index contributed by atoms with van der Waals surface area (Å²) in [6.45, 7) is 0. The topological polar surface area (TPSA) is 63.0 Å². The standard InChI is InChI=1S/C11H8N4O/c16-10-9(8-4-2-1-3-5-8)6-12-11-13-7-14-15(10)11/h1-7H,(H,12,13,14). The van der Waals surface area contributed by atoms with Crippen molar-refractivity contribution in [3.63, 3.8) is 0 Å². The van der Waals surface area contributed by atoms with Crippen molar-refractivity contribution in [2.24, 2.45) is 0 Å². The minimum Gasteiger partial charge on any atom is -0.278 e. The molecule has 0 fully saturated rings. The van der Waals surface area contributed by atoms with Crippen molar-refractivity contribution in [3.8, 4) is 11.1 Å². The number of nitrogens with zero attached hydrogens (tertiary/aromatic N) is 3. The van der Waals surface area contributed by atoms with Crippen molar-refractivity contribution in [1.29, 1.82) is 0 Å². The Morgan fingerprint density at radius 3 is 2.75 bits per heavy atom. The fourth-order valence-corrected chi connectivity index (χ4v) is 1.61. The summed E-state index contributed by atoms with van der Waals surface area (Å²) in [5, 5.41) is 2.73. The van der Waals surface area contributed by atoms with Crippen LogP contribution < -0.4 is 5.56 Å². The average molecular weight is 212 g/mol. The van der Waals surface area contributed by atoms with E-state index < -0.39 is 0 Å². The smallest absolute Gasteiger partial charge is 0.278 e. The summed E-state index contributed by atoms with van der Waals surface area (Å²) in [4.78, 5) is 20.1. The average Bonchev–Trinajstić information content (AvgIpc) is 2.80. The van der Waals surface area contributed by atoms with E-state index in [0.717, 1.165) is 5.56 Å². The minimum absolute atomic E-state index is 0.145. The van der Waals surface area contributed by atoms with Crippen LogP contribution in [0.2, 0.25) is 0 Å². The Labute approximate surface area is 90.4 Å². The van der Waals surface area contributed by atoms with E-state index in [0.29, 0.717) is 11.3 Å². The first kappa shape index (κ1) is 8.84. The van der Waals surface area contributed by atoms with Gasteiger partial charge in [0.2, 0.25) is 0 Å². The molecule has 0 amide bonds. The predicted octanol–water partition coefficient (Wildman–Crippen LogP) is 1.08. The maximum atomic E-state index is 12.0. The molecule has 3 rings (SSSR count). The van der Waals surface area contributed by atoms with Crippen LogP contribution in [-0.4, -0.2) is 19.6 Å². The zero-order valence-electron chi connectivity index (χ0n) is 8.29. The highest BCUT2D eigenvalue weighted by Crippen LogP contribution is 2.13. The molecule has 0 aliphatic heterocycles. The van der Waals surface area contributed by atoms with Gasteiger partial charge >= 0.3 is 0 Å².